The van der Waals surface area contributed by atoms with Crippen molar-refractivity contribution in [3.05, 3.63) is 88.2 Å². The number of hydrogen-bond acceptors (Lipinski definition) is 6. The number of nitrogens with zero attached hydrogens (tertiary/aromatic N) is 5. The van der Waals surface area contributed by atoms with Gasteiger partial charge < -0.3 is 15.1 Å². The zero-order valence-corrected chi connectivity index (χ0v) is 28.0. The van der Waals surface area contributed by atoms with Gasteiger partial charge in [-0.2, -0.15) is 4.98 Å². The number of para-hydroxylation sites is 1. The van der Waals surface area contributed by atoms with Gasteiger partial charge in [0.2, 0.25) is 5.95 Å². The highest BCUT2D eigenvalue weighted by Crippen LogP contribution is 2.35. The molecule has 0 amide bonds. The first-order chi connectivity index (χ1) is 22.8. The van der Waals surface area contributed by atoms with Gasteiger partial charge in [-0.05, 0) is 99.8 Å². The second-order valence-corrected chi connectivity index (χ2v) is 13.1. The van der Waals surface area contributed by atoms with E-state index in [1.54, 1.807) is 6.07 Å². The molecular formula is C38H46F2N6O. The summed E-state index contributed by atoms with van der Waals surface area (Å²) in [6.45, 7) is 16.4. The van der Waals surface area contributed by atoms with E-state index in [9.17, 15) is 4.79 Å². The predicted octanol–water partition coefficient (Wildman–Crippen LogP) is 7.48. The summed E-state index contributed by atoms with van der Waals surface area (Å²) >= 11 is 0. The second kappa shape index (κ2) is 13.9. The van der Waals surface area contributed by atoms with E-state index in [2.05, 4.69) is 34.7 Å². The number of rotatable bonds is 7. The smallest absolute Gasteiger partial charge is 0.256 e. The summed E-state index contributed by atoms with van der Waals surface area (Å²) in [6, 6.07) is 13.7. The molecule has 2 aromatic carbocycles. The molecule has 1 N–H and O–H groups in total. The molecule has 4 aromatic rings. The molecule has 9 heteroatoms. The Hall–Kier alpha value is -4.11. The van der Waals surface area contributed by atoms with Gasteiger partial charge in [0.15, 0.2) is 5.65 Å². The lowest BCUT2D eigenvalue weighted by Gasteiger charge is -2.41. The first-order valence-corrected chi connectivity index (χ1v) is 17.2. The average molecular weight is 641 g/mol. The van der Waals surface area contributed by atoms with Crippen LogP contribution in [0, 0.1) is 24.5 Å². The van der Waals surface area contributed by atoms with Crippen LogP contribution in [0.15, 0.2) is 59.9 Å². The van der Waals surface area contributed by atoms with Crippen LogP contribution < -0.4 is 15.8 Å². The molecule has 0 atom stereocenters. The Bertz CT molecular complexity index is 1800. The highest BCUT2D eigenvalue weighted by atomic mass is 19.1. The zero-order chi connectivity index (χ0) is 33.2. The Kier molecular flexibility index (Phi) is 9.73. The fraction of sp³-hybridized carbons (Fsp3) is 0.447. The number of aryl methyl sites for hydroxylation is 1. The minimum absolute atomic E-state index is 0.179. The standard InChI is InChI=1S/C36H40F2N6O.C2H6/c1-22-13-17-42(18-14-22)27-15-19-43(20-16-27)36-40-33(29-21-25(8-7-23(29)2)24(3)39-26-9-10-26)28-11-12-32(45)44(35(28)41-36)34-30(37)5-4-6-31(34)38;1-2/h4-8,11-12,21-22,26-27,39H,3,9-10,13-20H2,1-2H3;1-2H3. The molecule has 248 valence electrons. The molecule has 7 rings (SSSR count). The lowest BCUT2D eigenvalue weighted by Crippen LogP contribution is -2.48. The van der Waals surface area contributed by atoms with Crippen LogP contribution in [0.3, 0.4) is 0 Å². The fourth-order valence-electron chi connectivity index (χ4n) is 6.82. The van der Waals surface area contributed by atoms with Gasteiger partial charge in [0.05, 0.1) is 5.69 Å². The van der Waals surface area contributed by atoms with E-state index in [0.29, 0.717) is 29.1 Å². The number of nitrogens with one attached hydrogen (secondary N) is 1. The van der Waals surface area contributed by atoms with Crippen molar-refractivity contribution in [3.63, 3.8) is 0 Å². The van der Waals surface area contributed by atoms with E-state index in [4.69, 9.17) is 9.97 Å². The third kappa shape index (κ3) is 6.82. The maximum absolute atomic E-state index is 15.2. The Morgan fingerprint density at radius 3 is 2.23 bits per heavy atom. The Morgan fingerprint density at radius 2 is 1.57 bits per heavy atom. The largest absolute Gasteiger partial charge is 0.382 e. The van der Waals surface area contributed by atoms with Gasteiger partial charge in [-0.15, -0.1) is 0 Å². The number of hydrogen-bond donors (Lipinski definition) is 1. The lowest BCUT2D eigenvalue weighted by molar-refractivity contribution is 0.120. The first-order valence-electron chi connectivity index (χ1n) is 17.2. The van der Waals surface area contributed by atoms with Crippen LogP contribution in [-0.4, -0.2) is 57.7 Å². The Morgan fingerprint density at radius 1 is 0.894 bits per heavy atom. The molecule has 2 saturated heterocycles. The lowest BCUT2D eigenvalue weighted by atomic mass is 9.95. The monoisotopic (exact) mass is 640 g/mol. The van der Waals surface area contributed by atoms with Crippen LogP contribution >= 0.6 is 0 Å². The Balaban J connectivity index is 0.00000190. The number of aromatic nitrogens is 3. The van der Waals surface area contributed by atoms with Gasteiger partial charge in [-0.1, -0.05) is 45.5 Å². The molecule has 0 radical (unpaired) electrons. The second-order valence-electron chi connectivity index (χ2n) is 13.1. The van der Waals surface area contributed by atoms with Gasteiger partial charge in [0, 0.05) is 47.9 Å². The van der Waals surface area contributed by atoms with Crippen molar-refractivity contribution in [2.75, 3.05) is 31.1 Å². The highest BCUT2D eigenvalue weighted by molar-refractivity contribution is 5.93. The van der Waals surface area contributed by atoms with Crippen molar-refractivity contribution in [3.8, 4) is 16.9 Å². The van der Waals surface area contributed by atoms with E-state index in [-0.39, 0.29) is 5.65 Å². The molecule has 0 bridgehead atoms. The van der Waals surface area contributed by atoms with E-state index in [1.807, 2.05) is 32.9 Å². The number of piperidine rings is 2. The number of benzene rings is 2. The third-order valence-electron chi connectivity index (χ3n) is 9.78. The van der Waals surface area contributed by atoms with E-state index >= 15 is 8.78 Å². The van der Waals surface area contributed by atoms with Crippen molar-refractivity contribution in [1.82, 2.24) is 24.8 Å². The highest BCUT2D eigenvalue weighted by Gasteiger charge is 2.29. The number of halogens is 2. The topological polar surface area (TPSA) is 66.3 Å². The molecule has 3 fully saturated rings. The summed E-state index contributed by atoms with van der Waals surface area (Å²) in [6.07, 6.45) is 6.71. The molecule has 3 aliphatic rings. The summed E-state index contributed by atoms with van der Waals surface area (Å²) in [5.41, 5.74) is 3.43. The van der Waals surface area contributed by atoms with Crippen molar-refractivity contribution >= 4 is 22.7 Å². The molecule has 2 aliphatic heterocycles. The number of fused-ring (bicyclic) bond motifs is 1. The number of anilines is 1. The molecule has 4 heterocycles. The molecule has 47 heavy (non-hydrogen) atoms. The molecule has 2 aromatic heterocycles. The van der Waals surface area contributed by atoms with Crippen LogP contribution in [0.2, 0.25) is 0 Å². The molecule has 7 nitrogen and oxygen atoms in total. The first kappa shape index (κ1) is 32.8. The predicted molar refractivity (Wildman–Crippen MR) is 187 cm³/mol. The minimum Gasteiger partial charge on any atom is -0.382 e. The van der Waals surface area contributed by atoms with Crippen LogP contribution in [0.1, 0.15) is 70.4 Å². The molecule has 1 saturated carbocycles. The van der Waals surface area contributed by atoms with Crippen molar-refractivity contribution in [2.45, 2.75) is 78.3 Å². The quantitative estimate of drug-likeness (QED) is 0.226. The van der Waals surface area contributed by atoms with Gasteiger partial charge in [0.25, 0.3) is 5.56 Å². The SMILES string of the molecule is C=C(NC1CC1)c1ccc(C)c(-c2nc(N3CCC(N4CCC(C)CC4)CC3)nc3c2ccc(=O)n3-c2c(F)cccc2F)c1.CC. The van der Waals surface area contributed by atoms with Gasteiger partial charge in [-0.3, -0.25) is 9.36 Å². The minimum atomic E-state index is -0.830. The summed E-state index contributed by atoms with van der Waals surface area (Å²) in [5, 5.41) is 4.03. The molecule has 0 unspecified atom stereocenters. The van der Waals surface area contributed by atoms with Crippen LogP contribution in [0.4, 0.5) is 14.7 Å². The van der Waals surface area contributed by atoms with E-state index in [1.165, 1.54) is 25.0 Å². The summed E-state index contributed by atoms with van der Waals surface area (Å²) in [4.78, 5) is 28.2. The van der Waals surface area contributed by atoms with Crippen LogP contribution in [0.25, 0.3) is 33.7 Å². The average Bonchev–Trinajstić information content (AvgIpc) is 3.91. The van der Waals surface area contributed by atoms with Gasteiger partial charge in [-0.25, -0.2) is 13.8 Å². The van der Waals surface area contributed by atoms with Gasteiger partial charge >= 0.3 is 0 Å². The van der Waals surface area contributed by atoms with Crippen LogP contribution in [-0.2, 0) is 0 Å². The zero-order valence-electron chi connectivity index (χ0n) is 28.0. The van der Waals surface area contributed by atoms with E-state index < -0.39 is 22.9 Å². The summed E-state index contributed by atoms with van der Waals surface area (Å²) < 4.78 is 31.5. The van der Waals surface area contributed by atoms with E-state index in [0.717, 1.165) is 96.9 Å². The number of likely N-dealkylation sites (tertiary alicyclic amines) is 1. The third-order valence-corrected chi connectivity index (χ3v) is 9.78. The fourth-order valence-corrected chi connectivity index (χ4v) is 6.82. The normalized spacial score (nSPS) is 17.8. The molecule has 1 aliphatic carbocycles. The molecular weight excluding hydrogens is 594 g/mol. The Labute approximate surface area is 276 Å². The maximum Gasteiger partial charge on any atom is 0.256 e. The molecule has 0 spiro atoms. The van der Waals surface area contributed by atoms with Crippen LogP contribution in [0.5, 0.6) is 0 Å². The van der Waals surface area contributed by atoms with Crippen molar-refractivity contribution < 1.29 is 8.78 Å². The number of pyridine rings is 1. The summed E-state index contributed by atoms with van der Waals surface area (Å²) in [7, 11) is 0. The van der Waals surface area contributed by atoms with Gasteiger partial charge in [0.1, 0.15) is 17.3 Å². The summed E-state index contributed by atoms with van der Waals surface area (Å²) in [5.74, 6) is -0.419. The van der Waals surface area contributed by atoms with Crippen molar-refractivity contribution in [1.29, 1.82) is 0 Å². The van der Waals surface area contributed by atoms with Crippen molar-refractivity contribution in [2.24, 2.45) is 5.92 Å². The maximum atomic E-state index is 15.2.